The van der Waals surface area contributed by atoms with Crippen molar-refractivity contribution in [3.05, 3.63) is 42.2 Å². The van der Waals surface area contributed by atoms with Crippen LogP contribution in [0.3, 0.4) is 0 Å². The maximum atomic E-state index is 13.1. The summed E-state index contributed by atoms with van der Waals surface area (Å²) in [6.45, 7) is 0. The van der Waals surface area contributed by atoms with Gasteiger partial charge in [0.25, 0.3) is 5.91 Å². The molecule has 0 saturated carbocycles. The molecule has 5 rings (SSSR count). The molecule has 3 aliphatic heterocycles. The molecule has 0 spiro atoms. The van der Waals surface area contributed by atoms with Crippen molar-refractivity contribution < 1.29 is 14.4 Å². The Bertz CT molecular complexity index is 910. The summed E-state index contributed by atoms with van der Waals surface area (Å²) in [5, 5.41) is 8.60. The fraction of sp³-hybridized carbons (Fsp3) is 0.450. The number of likely N-dealkylation sites (tertiary alicyclic amines) is 1. The van der Waals surface area contributed by atoms with Crippen LogP contribution in [0.15, 0.2) is 36.5 Å². The lowest BCUT2D eigenvalue weighted by molar-refractivity contribution is -0.142. The minimum absolute atomic E-state index is 0.0410. The van der Waals surface area contributed by atoms with Crippen LogP contribution in [-0.2, 0) is 9.59 Å². The molecular formula is C20H21N5O3. The average molecular weight is 379 g/mol. The number of amides is 3. The quantitative estimate of drug-likeness (QED) is 0.755. The highest BCUT2D eigenvalue weighted by Crippen LogP contribution is 2.39. The van der Waals surface area contributed by atoms with Crippen molar-refractivity contribution in [2.45, 2.75) is 56.7 Å². The molecule has 8 nitrogen and oxygen atoms in total. The third-order valence-electron chi connectivity index (χ3n) is 6.10. The smallest absolute Gasteiger partial charge is 0.276 e. The first-order chi connectivity index (χ1) is 13.6. The third-order valence-corrected chi connectivity index (χ3v) is 6.10. The second kappa shape index (κ2) is 6.54. The minimum atomic E-state index is -0.118. The van der Waals surface area contributed by atoms with Gasteiger partial charge in [-0.2, -0.15) is 9.90 Å². The molecule has 0 aliphatic carbocycles. The number of aromatic nitrogens is 3. The van der Waals surface area contributed by atoms with E-state index in [1.807, 2.05) is 35.2 Å². The van der Waals surface area contributed by atoms with Gasteiger partial charge >= 0.3 is 0 Å². The van der Waals surface area contributed by atoms with Gasteiger partial charge in [-0.3, -0.25) is 19.3 Å². The zero-order valence-corrected chi connectivity index (χ0v) is 15.4. The Morgan fingerprint density at radius 1 is 0.929 bits per heavy atom. The van der Waals surface area contributed by atoms with Gasteiger partial charge < -0.3 is 4.90 Å². The van der Waals surface area contributed by atoms with E-state index in [1.54, 1.807) is 0 Å². The Hall–Kier alpha value is -3.03. The van der Waals surface area contributed by atoms with Crippen molar-refractivity contribution in [3.63, 3.8) is 0 Å². The largest absolute Gasteiger partial charge is 0.331 e. The van der Waals surface area contributed by atoms with E-state index in [1.165, 1.54) is 15.9 Å². The number of imide groups is 1. The molecule has 8 heteroatoms. The van der Waals surface area contributed by atoms with Gasteiger partial charge in [-0.05, 0) is 37.8 Å². The van der Waals surface area contributed by atoms with Crippen molar-refractivity contribution >= 4 is 17.7 Å². The van der Waals surface area contributed by atoms with Gasteiger partial charge in [0, 0.05) is 31.0 Å². The Morgan fingerprint density at radius 3 is 2.21 bits per heavy atom. The predicted octanol–water partition coefficient (Wildman–Crippen LogP) is 1.55. The van der Waals surface area contributed by atoms with Crippen molar-refractivity contribution in [2.24, 2.45) is 0 Å². The summed E-state index contributed by atoms with van der Waals surface area (Å²) in [6, 6.07) is 9.47. The number of rotatable bonds is 3. The number of para-hydroxylation sites is 1. The summed E-state index contributed by atoms with van der Waals surface area (Å²) in [6.07, 6.45) is 5.26. The lowest BCUT2D eigenvalue weighted by atomic mass is 9.95. The van der Waals surface area contributed by atoms with E-state index in [2.05, 4.69) is 10.2 Å². The summed E-state index contributed by atoms with van der Waals surface area (Å²) in [5.41, 5.74) is 1.13. The average Bonchev–Trinajstić information content (AvgIpc) is 3.39. The van der Waals surface area contributed by atoms with Gasteiger partial charge in [-0.1, -0.05) is 18.2 Å². The number of benzene rings is 1. The molecule has 3 fully saturated rings. The number of fused-ring (bicyclic) bond motifs is 2. The number of carbonyl (C=O) groups is 3. The molecule has 3 saturated heterocycles. The van der Waals surface area contributed by atoms with E-state index in [0.29, 0.717) is 31.4 Å². The van der Waals surface area contributed by atoms with Crippen LogP contribution in [-0.4, -0.2) is 60.6 Å². The molecule has 3 amide bonds. The number of hydrogen-bond donors (Lipinski definition) is 0. The molecule has 2 atom stereocenters. The van der Waals surface area contributed by atoms with Crippen molar-refractivity contribution in [1.29, 1.82) is 0 Å². The maximum absolute atomic E-state index is 13.1. The van der Waals surface area contributed by atoms with E-state index in [-0.39, 0.29) is 35.8 Å². The standard InChI is InChI=1S/C20H21N5O3/c26-18-8-9-19(27)24(18)16-10-14-6-7-15(11-16)23(14)20(28)17-12-21-25(22-17)13-4-2-1-3-5-13/h1-5,12,14-16H,6-11H2. The molecule has 4 heterocycles. The zero-order valence-electron chi connectivity index (χ0n) is 15.4. The topological polar surface area (TPSA) is 88.4 Å². The summed E-state index contributed by atoms with van der Waals surface area (Å²) in [4.78, 5) is 42.1. The van der Waals surface area contributed by atoms with Crippen LogP contribution >= 0.6 is 0 Å². The molecule has 2 bridgehead atoms. The highest BCUT2D eigenvalue weighted by molar-refractivity contribution is 6.02. The van der Waals surface area contributed by atoms with E-state index in [4.69, 9.17) is 0 Å². The zero-order chi connectivity index (χ0) is 19.3. The monoisotopic (exact) mass is 379 g/mol. The molecular weight excluding hydrogens is 358 g/mol. The van der Waals surface area contributed by atoms with E-state index in [9.17, 15) is 14.4 Å². The maximum Gasteiger partial charge on any atom is 0.276 e. The van der Waals surface area contributed by atoms with Gasteiger partial charge in [0.1, 0.15) is 0 Å². The van der Waals surface area contributed by atoms with Crippen molar-refractivity contribution in [1.82, 2.24) is 24.8 Å². The van der Waals surface area contributed by atoms with Gasteiger partial charge in [0.2, 0.25) is 11.8 Å². The fourth-order valence-electron chi connectivity index (χ4n) is 4.87. The summed E-state index contributed by atoms with van der Waals surface area (Å²) in [7, 11) is 0. The van der Waals surface area contributed by atoms with Gasteiger partial charge in [-0.25, -0.2) is 0 Å². The first-order valence-corrected chi connectivity index (χ1v) is 9.77. The Labute approximate surface area is 162 Å². The van der Waals surface area contributed by atoms with Crippen molar-refractivity contribution in [3.8, 4) is 5.69 Å². The molecule has 2 unspecified atom stereocenters. The molecule has 3 aliphatic rings. The molecule has 28 heavy (non-hydrogen) atoms. The second-order valence-electron chi connectivity index (χ2n) is 7.73. The number of piperidine rings is 1. The molecule has 0 N–H and O–H groups in total. The Morgan fingerprint density at radius 2 is 1.57 bits per heavy atom. The van der Waals surface area contributed by atoms with Crippen LogP contribution in [0.25, 0.3) is 5.69 Å². The molecule has 1 aromatic carbocycles. The third kappa shape index (κ3) is 2.71. The fourth-order valence-corrected chi connectivity index (χ4v) is 4.87. The first-order valence-electron chi connectivity index (χ1n) is 9.77. The van der Waals surface area contributed by atoms with Crippen LogP contribution in [0, 0.1) is 0 Å². The van der Waals surface area contributed by atoms with Crippen LogP contribution in [0.2, 0.25) is 0 Å². The second-order valence-corrected chi connectivity index (χ2v) is 7.73. The minimum Gasteiger partial charge on any atom is -0.331 e. The highest BCUT2D eigenvalue weighted by Gasteiger charge is 2.48. The van der Waals surface area contributed by atoms with Crippen LogP contribution in [0.5, 0.6) is 0 Å². The summed E-state index contributed by atoms with van der Waals surface area (Å²) < 4.78 is 0. The van der Waals surface area contributed by atoms with E-state index >= 15 is 0 Å². The van der Waals surface area contributed by atoms with Crippen LogP contribution in [0.1, 0.15) is 49.0 Å². The SMILES string of the molecule is O=C1CCC(=O)N1C1CC2CCC(C1)N2C(=O)c1cnn(-c2ccccc2)n1. The van der Waals surface area contributed by atoms with Gasteiger partial charge in [0.05, 0.1) is 11.9 Å². The normalized spacial score (nSPS) is 26.9. The summed E-state index contributed by atoms with van der Waals surface area (Å²) >= 11 is 0. The lowest BCUT2D eigenvalue weighted by Crippen LogP contribution is -2.53. The van der Waals surface area contributed by atoms with Crippen LogP contribution in [0.4, 0.5) is 0 Å². The molecule has 2 aromatic rings. The Balaban J connectivity index is 1.34. The van der Waals surface area contributed by atoms with E-state index in [0.717, 1.165) is 18.5 Å². The first kappa shape index (κ1) is 17.1. The Kier molecular flexibility index (Phi) is 3.99. The summed E-state index contributed by atoms with van der Waals surface area (Å²) in [5.74, 6) is -0.257. The number of carbonyl (C=O) groups excluding carboxylic acids is 3. The van der Waals surface area contributed by atoms with Crippen LogP contribution < -0.4 is 0 Å². The molecule has 144 valence electrons. The predicted molar refractivity (Wildman–Crippen MR) is 98.4 cm³/mol. The number of hydrogen-bond acceptors (Lipinski definition) is 5. The number of nitrogens with zero attached hydrogens (tertiary/aromatic N) is 5. The highest BCUT2D eigenvalue weighted by atomic mass is 16.2. The van der Waals surface area contributed by atoms with E-state index < -0.39 is 0 Å². The molecule has 1 aromatic heterocycles. The van der Waals surface area contributed by atoms with Crippen molar-refractivity contribution in [2.75, 3.05) is 0 Å². The van der Waals surface area contributed by atoms with Gasteiger partial charge in [-0.15, -0.1) is 5.10 Å². The molecule has 0 radical (unpaired) electrons. The van der Waals surface area contributed by atoms with Gasteiger partial charge in [0.15, 0.2) is 5.69 Å². The lowest BCUT2D eigenvalue weighted by Gasteiger charge is -2.41.